The van der Waals surface area contributed by atoms with Crippen molar-refractivity contribution >= 4 is 28.6 Å². The maximum atomic E-state index is 12.7. The second-order valence-corrected chi connectivity index (χ2v) is 7.43. The number of fused-ring (bicyclic) bond motifs is 1. The largest absolute Gasteiger partial charge is 0.490 e. The van der Waals surface area contributed by atoms with Crippen molar-refractivity contribution < 1.29 is 27.9 Å². The quantitative estimate of drug-likeness (QED) is 0.564. The van der Waals surface area contributed by atoms with Crippen LogP contribution < -0.4 is 10.6 Å². The number of carbonyl (C=O) groups is 2. The van der Waals surface area contributed by atoms with Gasteiger partial charge in [0.15, 0.2) is 0 Å². The van der Waals surface area contributed by atoms with Gasteiger partial charge in [0, 0.05) is 12.7 Å². The Morgan fingerprint density at radius 3 is 2.34 bits per heavy atom. The van der Waals surface area contributed by atoms with Gasteiger partial charge in [-0.1, -0.05) is 18.2 Å². The molecule has 4 rings (SSSR count). The Bertz CT molecular complexity index is 1090. The molecule has 10 heteroatoms. The van der Waals surface area contributed by atoms with Gasteiger partial charge in [-0.2, -0.15) is 13.2 Å². The minimum Gasteiger partial charge on any atom is -0.475 e. The maximum absolute atomic E-state index is 12.7. The fraction of sp³-hybridized carbons (Fsp3) is 0.318. The van der Waals surface area contributed by atoms with Crippen LogP contribution in [-0.2, 0) is 11.8 Å². The summed E-state index contributed by atoms with van der Waals surface area (Å²) in [5.74, 6) is -2.26. The molecule has 7 nitrogen and oxygen atoms in total. The van der Waals surface area contributed by atoms with E-state index < -0.39 is 12.1 Å². The molecular weight excluding hydrogens is 425 g/mol. The van der Waals surface area contributed by atoms with E-state index in [1.807, 2.05) is 41.9 Å². The Morgan fingerprint density at radius 1 is 1.12 bits per heavy atom. The Kier molecular flexibility index (Phi) is 7.14. The Hall–Kier alpha value is -3.40. The number of piperidine rings is 1. The van der Waals surface area contributed by atoms with Crippen molar-refractivity contribution in [2.75, 3.05) is 18.4 Å². The molecule has 0 aliphatic carbocycles. The van der Waals surface area contributed by atoms with Crippen LogP contribution >= 0.6 is 0 Å². The van der Waals surface area contributed by atoms with Crippen LogP contribution in [0.1, 0.15) is 34.7 Å². The van der Waals surface area contributed by atoms with Crippen LogP contribution in [-0.4, -0.2) is 45.8 Å². The zero-order chi connectivity index (χ0) is 23.3. The first-order valence-electron chi connectivity index (χ1n) is 9.99. The molecule has 0 unspecified atom stereocenters. The number of nitrogens with one attached hydrogen (secondary N) is 2. The summed E-state index contributed by atoms with van der Waals surface area (Å²) in [5, 5.41) is 13.5. The van der Waals surface area contributed by atoms with Gasteiger partial charge >= 0.3 is 12.1 Å². The third-order valence-electron chi connectivity index (χ3n) is 5.22. The smallest absolute Gasteiger partial charge is 0.475 e. The molecule has 170 valence electrons. The van der Waals surface area contributed by atoms with Crippen molar-refractivity contribution in [1.82, 2.24) is 14.9 Å². The molecule has 0 bridgehead atoms. The predicted octanol–water partition coefficient (Wildman–Crippen LogP) is 3.93. The van der Waals surface area contributed by atoms with E-state index in [9.17, 15) is 18.0 Å². The standard InChI is InChI=1S/C20H22N4O.C2HF3O2/c1-24-13-22-19-17(3-2-4-18(19)24)20(25)23-16-7-5-14(6-8-16)15-9-11-21-12-10-15;3-2(4,5)1(6)7/h2-8,13,15,21H,9-12H2,1H3,(H,23,25);(H,6,7). The van der Waals surface area contributed by atoms with Crippen LogP contribution in [0.15, 0.2) is 48.8 Å². The van der Waals surface area contributed by atoms with Crippen LogP contribution in [0, 0.1) is 0 Å². The molecule has 2 heterocycles. The topological polar surface area (TPSA) is 96.3 Å². The van der Waals surface area contributed by atoms with Crippen molar-refractivity contribution in [2.45, 2.75) is 24.9 Å². The van der Waals surface area contributed by atoms with E-state index in [4.69, 9.17) is 9.90 Å². The van der Waals surface area contributed by atoms with Crippen LogP contribution in [0.3, 0.4) is 0 Å². The molecule has 1 amide bonds. The second kappa shape index (κ2) is 9.82. The molecule has 0 spiro atoms. The van der Waals surface area contributed by atoms with E-state index in [2.05, 4.69) is 27.8 Å². The number of rotatable bonds is 3. The minimum atomic E-state index is -5.08. The summed E-state index contributed by atoms with van der Waals surface area (Å²) in [4.78, 5) is 25.9. The number of halogens is 3. The number of hydrogen-bond acceptors (Lipinski definition) is 4. The van der Waals surface area contributed by atoms with Gasteiger partial charge in [-0.05, 0) is 61.7 Å². The number of benzene rings is 2. The lowest BCUT2D eigenvalue weighted by Gasteiger charge is -2.23. The lowest BCUT2D eigenvalue weighted by atomic mass is 9.90. The molecule has 3 N–H and O–H groups in total. The van der Waals surface area contributed by atoms with Crippen LogP contribution in [0.4, 0.5) is 18.9 Å². The predicted molar refractivity (Wildman–Crippen MR) is 114 cm³/mol. The first kappa shape index (κ1) is 23.3. The van der Waals surface area contributed by atoms with E-state index >= 15 is 0 Å². The molecule has 3 aromatic rings. The van der Waals surface area contributed by atoms with Crippen molar-refractivity contribution in [3.8, 4) is 0 Å². The summed E-state index contributed by atoms with van der Waals surface area (Å²) in [6.45, 7) is 2.16. The summed E-state index contributed by atoms with van der Waals surface area (Å²) in [6, 6.07) is 13.9. The van der Waals surface area contributed by atoms with Crippen molar-refractivity contribution in [3.63, 3.8) is 0 Å². The highest BCUT2D eigenvalue weighted by Crippen LogP contribution is 2.26. The average molecular weight is 448 g/mol. The Balaban J connectivity index is 0.000000360. The van der Waals surface area contributed by atoms with Gasteiger partial charge in [0.05, 0.1) is 17.4 Å². The fourth-order valence-corrected chi connectivity index (χ4v) is 3.53. The first-order chi connectivity index (χ1) is 15.2. The van der Waals surface area contributed by atoms with E-state index in [1.165, 1.54) is 18.4 Å². The Labute approximate surface area is 182 Å². The molecule has 1 aliphatic rings. The highest BCUT2D eigenvalue weighted by Gasteiger charge is 2.38. The third-order valence-corrected chi connectivity index (χ3v) is 5.22. The number of amides is 1. The number of aryl methyl sites for hydroxylation is 1. The van der Waals surface area contributed by atoms with Crippen LogP contribution in [0.5, 0.6) is 0 Å². The van der Waals surface area contributed by atoms with E-state index in [-0.39, 0.29) is 5.91 Å². The monoisotopic (exact) mass is 448 g/mol. The summed E-state index contributed by atoms with van der Waals surface area (Å²) in [7, 11) is 1.93. The van der Waals surface area contributed by atoms with Crippen LogP contribution in [0.2, 0.25) is 0 Å². The van der Waals surface area contributed by atoms with Gasteiger partial charge < -0.3 is 20.3 Å². The van der Waals surface area contributed by atoms with E-state index in [0.29, 0.717) is 11.5 Å². The van der Waals surface area contributed by atoms with Gasteiger partial charge in [-0.25, -0.2) is 9.78 Å². The van der Waals surface area contributed by atoms with Crippen molar-refractivity contribution in [2.24, 2.45) is 7.05 Å². The highest BCUT2D eigenvalue weighted by atomic mass is 19.4. The number of para-hydroxylation sites is 1. The molecular formula is C22H23F3N4O3. The first-order valence-corrected chi connectivity index (χ1v) is 9.99. The van der Waals surface area contributed by atoms with Gasteiger partial charge in [-0.3, -0.25) is 4.79 Å². The number of carboxylic acid groups (broad SMARTS) is 1. The zero-order valence-electron chi connectivity index (χ0n) is 17.3. The number of carbonyl (C=O) groups excluding carboxylic acids is 1. The molecule has 1 saturated heterocycles. The number of nitrogens with zero attached hydrogens (tertiary/aromatic N) is 2. The van der Waals surface area contributed by atoms with Gasteiger partial charge in [0.1, 0.15) is 5.52 Å². The van der Waals surface area contributed by atoms with Crippen LogP contribution in [0.25, 0.3) is 11.0 Å². The Morgan fingerprint density at radius 2 is 1.75 bits per heavy atom. The normalized spacial score (nSPS) is 14.5. The number of aliphatic carboxylic acids is 1. The van der Waals surface area contributed by atoms with Gasteiger partial charge in [0.2, 0.25) is 0 Å². The molecule has 1 aromatic heterocycles. The number of imidazole rings is 1. The maximum Gasteiger partial charge on any atom is 0.490 e. The molecule has 0 radical (unpaired) electrons. The number of hydrogen-bond donors (Lipinski definition) is 3. The number of anilines is 1. The fourth-order valence-electron chi connectivity index (χ4n) is 3.53. The minimum absolute atomic E-state index is 0.126. The summed E-state index contributed by atoms with van der Waals surface area (Å²) < 4.78 is 33.7. The number of alkyl halides is 3. The molecule has 2 aromatic carbocycles. The number of aromatic nitrogens is 2. The molecule has 1 fully saturated rings. The highest BCUT2D eigenvalue weighted by molar-refractivity contribution is 6.11. The van der Waals surface area contributed by atoms with E-state index in [0.717, 1.165) is 29.8 Å². The average Bonchev–Trinajstić information content (AvgIpc) is 3.15. The summed E-state index contributed by atoms with van der Waals surface area (Å²) in [6.07, 6.45) is -1.00. The van der Waals surface area contributed by atoms with E-state index in [1.54, 1.807) is 6.33 Å². The lowest BCUT2D eigenvalue weighted by Crippen LogP contribution is -2.26. The molecule has 0 saturated carbocycles. The van der Waals surface area contributed by atoms with Gasteiger partial charge in [-0.15, -0.1) is 0 Å². The van der Waals surface area contributed by atoms with Gasteiger partial charge in [0.25, 0.3) is 5.91 Å². The lowest BCUT2D eigenvalue weighted by molar-refractivity contribution is -0.192. The second-order valence-electron chi connectivity index (χ2n) is 7.43. The summed E-state index contributed by atoms with van der Waals surface area (Å²) >= 11 is 0. The molecule has 1 aliphatic heterocycles. The summed E-state index contributed by atoms with van der Waals surface area (Å²) in [5.41, 5.74) is 4.45. The molecule has 0 atom stereocenters. The molecule has 32 heavy (non-hydrogen) atoms. The zero-order valence-corrected chi connectivity index (χ0v) is 17.3. The van der Waals surface area contributed by atoms with Crippen molar-refractivity contribution in [3.05, 3.63) is 59.9 Å². The SMILES string of the molecule is Cn1cnc2c(C(=O)Nc3ccc(C4CCNCC4)cc3)cccc21.O=C(O)C(F)(F)F. The van der Waals surface area contributed by atoms with Crippen molar-refractivity contribution in [1.29, 1.82) is 0 Å². The number of carboxylic acids is 1. The third kappa shape index (κ3) is 5.64.